The highest BCUT2D eigenvalue weighted by Gasteiger charge is 2.37. The Bertz CT molecular complexity index is 551. The van der Waals surface area contributed by atoms with Crippen LogP contribution < -0.4 is 5.32 Å². The van der Waals surface area contributed by atoms with Gasteiger partial charge < -0.3 is 10.1 Å². The van der Waals surface area contributed by atoms with Gasteiger partial charge >= 0.3 is 0 Å². The van der Waals surface area contributed by atoms with Gasteiger partial charge in [0, 0.05) is 31.0 Å². The van der Waals surface area contributed by atoms with E-state index in [0.29, 0.717) is 19.6 Å². The third kappa shape index (κ3) is 2.93. The molecule has 2 heterocycles. The van der Waals surface area contributed by atoms with Crippen LogP contribution in [0.25, 0.3) is 0 Å². The minimum atomic E-state index is -0.644. The molecule has 1 N–H and O–H groups in total. The van der Waals surface area contributed by atoms with E-state index >= 15 is 0 Å². The van der Waals surface area contributed by atoms with Crippen molar-refractivity contribution in [3.05, 3.63) is 22.8 Å². The van der Waals surface area contributed by atoms with Crippen molar-refractivity contribution in [2.24, 2.45) is 0 Å². The number of carbonyl (C=O) groups is 1. The number of hydrogen-bond acceptors (Lipinski definition) is 4. The molecule has 1 aliphatic heterocycles. The van der Waals surface area contributed by atoms with Crippen molar-refractivity contribution in [1.29, 1.82) is 0 Å². The van der Waals surface area contributed by atoms with Gasteiger partial charge in [-0.15, -0.1) is 0 Å². The first-order chi connectivity index (χ1) is 10.1. The van der Waals surface area contributed by atoms with Crippen molar-refractivity contribution in [2.45, 2.75) is 58.0 Å². The van der Waals surface area contributed by atoms with Crippen LogP contribution in [0.4, 0.5) is 0 Å². The van der Waals surface area contributed by atoms with E-state index in [1.807, 2.05) is 6.92 Å². The molecule has 0 unspecified atom stereocenters. The largest absolute Gasteiger partial charge is 0.365 e. The van der Waals surface area contributed by atoms with Crippen LogP contribution in [-0.4, -0.2) is 34.6 Å². The highest BCUT2D eigenvalue weighted by molar-refractivity contribution is 5.84. The summed E-state index contributed by atoms with van der Waals surface area (Å²) in [6.45, 7) is 5.17. The van der Waals surface area contributed by atoms with Gasteiger partial charge in [0.25, 0.3) is 5.91 Å². The molecule has 0 saturated carbocycles. The number of rotatable bonds is 4. The Labute approximate surface area is 125 Å². The second-order valence-corrected chi connectivity index (χ2v) is 6.19. The van der Waals surface area contributed by atoms with E-state index in [4.69, 9.17) is 4.74 Å². The Kier molecular flexibility index (Phi) is 3.93. The van der Waals surface area contributed by atoms with Crippen molar-refractivity contribution in [1.82, 2.24) is 15.3 Å². The zero-order chi connectivity index (χ0) is 14.9. The summed E-state index contributed by atoms with van der Waals surface area (Å²) in [5, 5.41) is 2.96. The van der Waals surface area contributed by atoms with Crippen LogP contribution in [0.15, 0.2) is 0 Å². The first-order valence-corrected chi connectivity index (χ1v) is 7.86. The Morgan fingerprint density at radius 1 is 1.33 bits per heavy atom. The molecule has 0 aromatic carbocycles. The van der Waals surface area contributed by atoms with Crippen LogP contribution in [-0.2, 0) is 28.8 Å². The summed E-state index contributed by atoms with van der Waals surface area (Å²) < 4.78 is 5.54. The molecule has 1 aromatic heterocycles. The molecular formula is C16H23N3O2. The fourth-order valence-electron chi connectivity index (χ4n) is 3.23. The molecule has 114 valence electrons. The molecule has 0 radical (unpaired) electrons. The van der Waals surface area contributed by atoms with Gasteiger partial charge in [-0.05, 0) is 51.5 Å². The number of ether oxygens (including phenoxy) is 1. The number of hydrogen-bond donors (Lipinski definition) is 1. The van der Waals surface area contributed by atoms with Crippen LogP contribution in [0.5, 0.6) is 0 Å². The van der Waals surface area contributed by atoms with Gasteiger partial charge in [0.2, 0.25) is 0 Å². The predicted octanol–water partition coefficient (Wildman–Crippen LogP) is 1.50. The van der Waals surface area contributed by atoms with Crippen molar-refractivity contribution in [3.8, 4) is 0 Å². The maximum atomic E-state index is 12.1. The third-order valence-electron chi connectivity index (χ3n) is 4.52. The van der Waals surface area contributed by atoms with Crippen LogP contribution in [0, 0.1) is 6.92 Å². The maximum Gasteiger partial charge on any atom is 0.251 e. The molecule has 1 fully saturated rings. The molecule has 1 amide bonds. The lowest BCUT2D eigenvalue weighted by Gasteiger charge is -2.21. The van der Waals surface area contributed by atoms with E-state index in [9.17, 15) is 4.79 Å². The number of aryl methyl sites for hydroxylation is 2. The summed E-state index contributed by atoms with van der Waals surface area (Å²) in [6.07, 6.45) is 5.78. The molecule has 0 bridgehead atoms. The molecular weight excluding hydrogens is 266 g/mol. The normalized spacial score (nSPS) is 24.1. The predicted molar refractivity (Wildman–Crippen MR) is 79.1 cm³/mol. The van der Waals surface area contributed by atoms with Gasteiger partial charge in [-0.2, -0.15) is 0 Å². The first kappa shape index (κ1) is 14.4. The molecule has 1 aliphatic carbocycles. The minimum absolute atomic E-state index is 0.0159. The van der Waals surface area contributed by atoms with E-state index in [2.05, 4.69) is 22.2 Å². The average molecular weight is 289 g/mol. The second-order valence-electron chi connectivity index (χ2n) is 6.19. The van der Waals surface area contributed by atoms with E-state index in [1.54, 1.807) is 0 Å². The zero-order valence-electron chi connectivity index (χ0n) is 12.9. The maximum absolute atomic E-state index is 12.1. The topological polar surface area (TPSA) is 64.1 Å². The number of aromatic nitrogens is 2. The molecule has 5 nitrogen and oxygen atoms in total. The highest BCUT2D eigenvalue weighted by Crippen LogP contribution is 2.25. The highest BCUT2D eigenvalue weighted by atomic mass is 16.5. The molecule has 1 atom stereocenters. The van der Waals surface area contributed by atoms with Gasteiger partial charge in [-0.1, -0.05) is 0 Å². The fraction of sp³-hybridized carbons (Fsp3) is 0.688. The first-order valence-electron chi connectivity index (χ1n) is 7.86. The quantitative estimate of drug-likeness (QED) is 0.912. The van der Waals surface area contributed by atoms with E-state index < -0.39 is 5.60 Å². The summed E-state index contributed by atoms with van der Waals surface area (Å²) in [4.78, 5) is 21.3. The monoisotopic (exact) mass is 289 g/mol. The number of nitrogens with one attached hydrogen (secondary N) is 1. The Hall–Kier alpha value is -1.49. The van der Waals surface area contributed by atoms with E-state index in [0.717, 1.165) is 37.2 Å². The Morgan fingerprint density at radius 3 is 2.95 bits per heavy atom. The van der Waals surface area contributed by atoms with E-state index in [1.165, 1.54) is 17.7 Å². The number of carbonyl (C=O) groups excluding carboxylic acids is 1. The Morgan fingerprint density at radius 2 is 2.19 bits per heavy atom. The lowest BCUT2D eigenvalue weighted by atomic mass is 10.0. The molecule has 5 heteroatoms. The van der Waals surface area contributed by atoms with Crippen LogP contribution >= 0.6 is 0 Å². The molecule has 2 aliphatic rings. The molecule has 21 heavy (non-hydrogen) atoms. The summed E-state index contributed by atoms with van der Waals surface area (Å²) in [5.74, 6) is 0.823. The van der Waals surface area contributed by atoms with Crippen molar-refractivity contribution < 1.29 is 9.53 Å². The van der Waals surface area contributed by atoms with Gasteiger partial charge in [-0.25, -0.2) is 9.97 Å². The fourth-order valence-corrected chi connectivity index (χ4v) is 3.23. The smallest absolute Gasteiger partial charge is 0.251 e. The van der Waals surface area contributed by atoms with Gasteiger partial charge in [0.1, 0.15) is 11.4 Å². The van der Waals surface area contributed by atoms with Crippen molar-refractivity contribution in [3.63, 3.8) is 0 Å². The SMILES string of the molecule is Cc1nc(CCNC(=O)[C@]2(C)CCCO2)nc2c1CCC2. The summed E-state index contributed by atoms with van der Waals surface area (Å²) in [6, 6.07) is 0. The standard InChI is InChI=1S/C16H23N3O2/c1-11-12-5-3-6-13(12)19-14(18-11)7-9-17-15(20)16(2)8-4-10-21-16/h3-10H2,1-2H3,(H,17,20)/t16-/m0/s1. The minimum Gasteiger partial charge on any atom is -0.365 e. The number of fused-ring (bicyclic) bond motifs is 1. The lowest BCUT2D eigenvalue weighted by Crippen LogP contribution is -2.44. The van der Waals surface area contributed by atoms with Crippen LogP contribution in [0.3, 0.4) is 0 Å². The van der Waals surface area contributed by atoms with Crippen LogP contribution in [0.2, 0.25) is 0 Å². The molecule has 1 aromatic rings. The van der Waals surface area contributed by atoms with Crippen molar-refractivity contribution >= 4 is 5.91 Å². The number of amides is 1. The zero-order valence-corrected chi connectivity index (χ0v) is 12.9. The second kappa shape index (κ2) is 5.72. The number of nitrogens with zero attached hydrogens (tertiary/aromatic N) is 2. The summed E-state index contributed by atoms with van der Waals surface area (Å²) >= 11 is 0. The Balaban J connectivity index is 1.56. The summed E-state index contributed by atoms with van der Waals surface area (Å²) in [5.41, 5.74) is 2.99. The van der Waals surface area contributed by atoms with Crippen molar-refractivity contribution in [2.75, 3.05) is 13.2 Å². The van der Waals surface area contributed by atoms with Gasteiger partial charge in [-0.3, -0.25) is 4.79 Å². The van der Waals surface area contributed by atoms with Crippen LogP contribution in [0.1, 0.15) is 49.0 Å². The molecule has 3 rings (SSSR count). The van der Waals surface area contributed by atoms with Gasteiger partial charge in [0.05, 0.1) is 0 Å². The van der Waals surface area contributed by atoms with Gasteiger partial charge in [0.15, 0.2) is 0 Å². The molecule has 1 saturated heterocycles. The molecule has 0 spiro atoms. The average Bonchev–Trinajstić information content (AvgIpc) is 3.08. The summed E-state index contributed by atoms with van der Waals surface area (Å²) in [7, 11) is 0. The lowest BCUT2D eigenvalue weighted by molar-refractivity contribution is -0.139. The third-order valence-corrected chi connectivity index (χ3v) is 4.52. The van der Waals surface area contributed by atoms with E-state index in [-0.39, 0.29) is 5.91 Å².